The first-order valence-corrected chi connectivity index (χ1v) is 8.41. The summed E-state index contributed by atoms with van der Waals surface area (Å²) in [4.78, 5) is 0. The molecular weight excluding hydrogens is 306 g/mol. The average Bonchev–Trinajstić information content (AvgIpc) is 3.04. The van der Waals surface area contributed by atoms with Gasteiger partial charge in [0.15, 0.2) is 0 Å². The summed E-state index contributed by atoms with van der Waals surface area (Å²) >= 11 is 0. The second kappa shape index (κ2) is 5.38. The molecule has 0 amide bonds. The summed E-state index contributed by atoms with van der Waals surface area (Å²) in [6, 6.07) is 25.5. The maximum atomic E-state index is 5.44. The van der Waals surface area contributed by atoms with Crippen molar-refractivity contribution >= 4 is 22.6 Å². The number of hydrogen-bond acceptors (Lipinski definition) is 1. The van der Waals surface area contributed by atoms with E-state index in [2.05, 4.69) is 77.5 Å². The Balaban J connectivity index is 1.89. The molecule has 2 heterocycles. The van der Waals surface area contributed by atoms with Gasteiger partial charge in [0.2, 0.25) is 0 Å². The van der Waals surface area contributed by atoms with Gasteiger partial charge in [0, 0.05) is 17.1 Å². The summed E-state index contributed by atoms with van der Waals surface area (Å²) < 4.78 is 7.74. The van der Waals surface area contributed by atoms with Crippen molar-refractivity contribution in [3.63, 3.8) is 0 Å². The van der Waals surface area contributed by atoms with Crippen LogP contribution in [0, 0.1) is 0 Å². The highest BCUT2D eigenvalue weighted by Gasteiger charge is 2.18. The lowest BCUT2D eigenvalue weighted by atomic mass is 9.95. The van der Waals surface area contributed by atoms with E-state index in [1.807, 2.05) is 12.1 Å². The first-order valence-electron chi connectivity index (χ1n) is 8.41. The minimum absolute atomic E-state index is 0.874. The molecule has 0 spiro atoms. The van der Waals surface area contributed by atoms with Gasteiger partial charge in [0.1, 0.15) is 5.75 Å². The van der Waals surface area contributed by atoms with E-state index < -0.39 is 0 Å². The molecule has 1 aliphatic rings. The topological polar surface area (TPSA) is 14.2 Å². The van der Waals surface area contributed by atoms with Crippen LogP contribution in [0.25, 0.3) is 28.2 Å². The van der Waals surface area contributed by atoms with Crippen molar-refractivity contribution in [2.75, 3.05) is 7.11 Å². The molecule has 0 N–H and O–H groups in total. The third-order valence-electron chi connectivity index (χ3n) is 4.88. The van der Waals surface area contributed by atoms with Crippen LogP contribution >= 0.6 is 0 Å². The average molecular weight is 323 g/mol. The highest BCUT2D eigenvalue weighted by molar-refractivity contribution is 6.04. The molecule has 0 radical (unpaired) electrons. The molecule has 0 saturated carbocycles. The van der Waals surface area contributed by atoms with Gasteiger partial charge >= 0.3 is 0 Å². The maximum Gasteiger partial charge on any atom is 0.119 e. The van der Waals surface area contributed by atoms with Crippen molar-refractivity contribution in [2.45, 2.75) is 0 Å². The van der Waals surface area contributed by atoms with Gasteiger partial charge in [-0.15, -0.1) is 0 Å². The molecule has 0 fully saturated rings. The number of benzene rings is 3. The molecule has 1 aromatic heterocycles. The molecule has 1 aliphatic heterocycles. The Morgan fingerprint density at radius 2 is 1.72 bits per heavy atom. The summed E-state index contributed by atoms with van der Waals surface area (Å²) in [6.45, 7) is 0. The van der Waals surface area contributed by atoms with Crippen LogP contribution in [0.4, 0.5) is 0 Å². The van der Waals surface area contributed by atoms with E-state index in [9.17, 15) is 0 Å². The number of hydrogen-bond donors (Lipinski definition) is 0. The van der Waals surface area contributed by atoms with Crippen LogP contribution in [0.15, 0.2) is 79.0 Å². The largest absolute Gasteiger partial charge is 0.497 e. The molecule has 0 atom stereocenters. The van der Waals surface area contributed by atoms with E-state index in [4.69, 9.17) is 4.74 Å². The fourth-order valence-electron chi connectivity index (χ4n) is 3.70. The highest BCUT2D eigenvalue weighted by Crippen LogP contribution is 2.38. The molecule has 0 unspecified atom stereocenters. The van der Waals surface area contributed by atoms with E-state index >= 15 is 0 Å². The molecule has 0 aliphatic carbocycles. The molecule has 5 rings (SSSR count). The zero-order valence-corrected chi connectivity index (χ0v) is 13.9. The summed E-state index contributed by atoms with van der Waals surface area (Å²) in [5, 5.41) is 1.25. The maximum absolute atomic E-state index is 5.44. The van der Waals surface area contributed by atoms with Crippen LogP contribution in [0.1, 0.15) is 16.7 Å². The Labute approximate surface area is 146 Å². The van der Waals surface area contributed by atoms with Gasteiger partial charge in [-0.05, 0) is 47.0 Å². The van der Waals surface area contributed by atoms with Crippen molar-refractivity contribution in [1.82, 2.24) is 4.57 Å². The molecular formula is C23H17NO. The van der Waals surface area contributed by atoms with Crippen LogP contribution in [0.3, 0.4) is 0 Å². The fourth-order valence-corrected chi connectivity index (χ4v) is 3.70. The summed E-state index contributed by atoms with van der Waals surface area (Å²) in [5.74, 6) is 0.874. The Bertz CT molecular complexity index is 1130. The van der Waals surface area contributed by atoms with E-state index in [1.165, 1.54) is 33.3 Å². The summed E-state index contributed by atoms with van der Waals surface area (Å²) in [7, 11) is 1.71. The Kier molecular flexibility index (Phi) is 3.04. The van der Waals surface area contributed by atoms with Crippen molar-refractivity contribution in [2.24, 2.45) is 0 Å². The number of para-hydroxylation sites is 2. The van der Waals surface area contributed by atoms with Gasteiger partial charge in [-0.2, -0.15) is 0 Å². The van der Waals surface area contributed by atoms with Gasteiger partial charge in [-0.3, -0.25) is 0 Å². The molecule has 3 aromatic carbocycles. The lowest BCUT2D eigenvalue weighted by Crippen LogP contribution is -1.94. The predicted molar refractivity (Wildman–Crippen MR) is 103 cm³/mol. The molecule has 0 saturated heterocycles. The normalized spacial score (nSPS) is 12.4. The summed E-state index contributed by atoms with van der Waals surface area (Å²) in [5.41, 5.74) is 7.30. The lowest BCUT2D eigenvalue weighted by molar-refractivity contribution is 0.414. The lowest BCUT2D eigenvalue weighted by Gasteiger charge is -2.11. The van der Waals surface area contributed by atoms with Crippen LogP contribution in [-0.2, 0) is 0 Å². The van der Waals surface area contributed by atoms with E-state index in [-0.39, 0.29) is 0 Å². The number of ether oxygens (including phenoxy) is 1. The Hall–Kier alpha value is -3.26. The van der Waals surface area contributed by atoms with Crippen molar-refractivity contribution in [3.8, 4) is 11.4 Å². The Morgan fingerprint density at radius 3 is 2.64 bits per heavy atom. The quantitative estimate of drug-likeness (QED) is 0.416. The zero-order valence-electron chi connectivity index (χ0n) is 13.9. The monoisotopic (exact) mass is 323 g/mol. The molecule has 25 heavy (non-hydrogen) atoms. The third kappa shape index (κ3) is 2.11. The zero-order chi connectivity index (χ0) is 16.8. The van der Waals surface area contributed by atoms with Crippen LogP contribution in [0.5, 0.6) is 5.75 Å². The standard InChI is InChI=1S/C23H17NO/c1-25-19-9-4-8-17(14-19)21-15-18-6-2-3-11-22(18)24-13-12-16-7-5-10-20(21)23(16)24/h2-15H,1H3. The van der Waals surface area contributed by atoms with Crippen molar-refractivity contribution in [1.29, 1.82) is 0 Å². The van der Waals surface area contributed by atoms with Gasteiger partial charge in [0.05, 0.1) is 18.3 Å². The smallest absolute Gasteiger partial charge is 0.119 e. The van der Waals surface area contributed by atoms with Crippen molar-refractivity contribution < 1.29 is 4.74 Å². The number of nitrogens with zero attached hydrogens (tertiary/aromatic N) is 1. The predicted octanol–water partition coefficient (Wildman–Crippen LogP) is 5.54. The van der Waals surface area contributed by atoms with Gasteiger partial charge in [-0.1, -0.05) is 48.5 Å². The first-order chi connectivity index (χ1) is 12.3. The fraction of sp³-hybridized carbons (Fsp3) is 0.0435. The van der Waals surface area contributed by atoms with Gasteiger partial charge < -0.3 is 9.30 Å². The van der Waals surface area contributed by atoms with E-state index in [0.717, 1.165) is 11.3 Å². The second-order valence-corrected chi connectivity index (χ2v) is 6.28. The van der Waals surface area contributed by atoms with Crippen LogP contribution in [-0.4, -0.2) is 11.7 Å². The Morgan fingerprint density at radius 1 is 0.840 bits per heavy atom. The molecule has 2 nitrogen and oxygen atoms in total. The molecule has 120 valence electrons. The van der Waals surface area contributed by atoms with Crippen LogP contribution < -0.4 is 4.74 Å². The number of rotatable bonds is 2. The highest BCUT2D eigenvalue weighted by atomic mass is 16.5. The minimum Gasteiger partial charge on any atom is -0.497 e. The van der Waals surface area contributed by atoms with E-state index in [0.29, 0.717) is 0 Å². The van der Waals surface area contributed by atoms with E-state index in [1.54, 1.807) is 7.11 Å². The van der Waals surface area contributed by atoms with Crippen molar-refractivity contribution in [3.05, 3.63) is 95.7 Å². The van der Waals surface area contributed by atoms with Gasteiger partial charge in [-0.25, -0.2) is 0 Å². The minimum atomic E-state index is 0.874. The first kappa shape index (κ1) is 14.1. The number of methoxy groups -OCH3 is 1. The number of fused-ring (bicyclic) bond motifs is 2. The molecule has 0 bridgehead atoms. The number of aromatic nitrogens is 1. The van der Waals surface area contributed by atoms with Crippen LogP contribution in [0.2, 0.25) is 0 Å². The summed E-state index contributed by atoms with van der Waals surface area (Å²) in [6.07, 6.45) is 4.45. The second-order valence-electron chi connectivity index (χ2n) is 6.28. The van der Waals surface area contributed by atoms with Gasteiger partial charge in [0.25, 0.3) is 0 Å². The molecule has 4 aromatic rings. The SMILES string of the molecule is COc1cccc(C2=Cc3ccccc3-n3ccc4cccc2c43)c1. The molecule has 2 heteroatoms. The third-order valence-corrected chi connectivity index (χ3v) is 4.88.